The van der Waals surface area contributed by atoms with Crippen LogP contribution >= 0.6 is 0 Å². The van der Waals surface area contributed by atoms with E-state index in [1.54, 1.807) is 19.6 Å². The Bertz CT molecular complexity index is 635. The second kappa shape index (κ2) is 5.75. The molecule has 1 aromatic carbocycles. The summed E-state index contributed by atoms with van der Waals surface area (Å²) in [6.45, 7) is 0. The van der Waals surface area contributed by atoms with Crippen molar-refractivity contribution in [3.63, 3.8) is 0 Å². The van der Waals surface area contributed by atoms with Crippen LogP contribution in [0.2, 0.25) is 0 Å². The van der Waals surface area contributed by atoms with Crippen molar-refractivity contribution in [3.05, 3.63) is 53.5 Å². The third-order valence-electron chi connectivity index (χ3n) is 3.52. The van der Waals surface area contributed by atoms with E-state index in [2.05, 4.69) is 29.4 Å². The maximum absolute atomic E-state index is 6.13. The van der Waals surface area contributed by atoms with Gasteiger partial charge in [-0.05, 0) is 48.4 Å². The highest BCUT2D eigenvalue weighted by Crippen LogP contribution is 2.33. The number of hydrogen-bond donors (Lipinski definition) is 1. The van der Waals surface area contributed by atoms with Gasteiger partial charge in [0.2, 0.25) is 0 Å². The first-order valence-corrected chi connectivity index (χ1v) is 6.85. The monoisotopic (exact) mass is 267 g/mol. The topological polar surface area (TPSA) is 34.4 Å². The van der Waals surface area contributed by atoms with Gasteiger partial charge >= 0.3 is 0 Å². The zero-order valence-electron chi connectivity index (χ0n) is 11.5. The number of rotatable bonds is 3. The van der Waals surface area contributed by atoms with E-state index in [1.807, 2.05) is 12.1 Å². The fraction of sp³-hybridized carbons (Fsp3) is 0.294. The number of hydrogen-bond acceptors (Lipinski definition) is 3. The lowest BCUT2D eigenvalue weighted by Gasteiger charge is -2.15. The average Bonchev–Trinajstić information content (AvgIpc) is 3.14. The molecular weight excluding hydrogens is 250 g/mol. The van der Waals surface area contributed by atoms with Gasteiger partial charge in [0.05, 0.1) is 12.5 Å². The molecule has 1 heterocycles. The zero-order valence-corrected chi connectivity index (χ0v) is 11.5. The van der Waals surface area contributed by atoms with E-state index in [0.717, 1.165) is 24.2 Å². The Kier molecular flexibility index (Phi) is 3.64. The summed E-state index contributed by atoms with van der Waals surface area (Å²) in [4.78, 5) is 0. The van der Waals surface area contributed by atoms with Crippen LogP contribution in [0.3, 0.4) is 0 Å². The van der Waals surface area contributed by atoms with E-state index < -0.39 is 0 Å². The summed E-state index contributed by atoms with van der Waals surface area (Å²) in [5, 5.41) is 2.83. The summed E-state index contributed by atoms with van der Waals surface area (Å²) in [5.41, 5.74) is 3.66. The zero-order chi connectivity index (χ0) is 13.8. The normalized spacial score (nSPS) is 14.1. The minimum Gasteiger partial charge on any atom is -0.472 e. The number of nitrogens with one attached hydrogen (secondary N) is 1. The van der Waals surface area contributed by atoms with Gasteiger partial charge in [-0.1, -0.05) is 12.1 Å². The van der Waals surface area contributed by atoms with Gasteiger partial charge < -0.3 is 14.5 Å². The highest BCUT2D eigenvalue weighted by Gasteiger charge is 2.19. The quantitative estimate of drug-likeness (QED) is 0.685. The first-order valence-electron chi connectivity index (χ1n) is 6.85. The molecule has 3 heteroatoms. The molecule has 1 aliphatic carbocycles. The van der Waals surface area contributed by atoms with Crippen LogP contribution in [0, 0.1) is 12.0 Å². The molecule has 0 fully saturated rings. The summed E-state index contributed by atoms with van der Waals surface area (Å²) in [5.74, 6) is 4.01. The van der Waals surface area contributed by atoms with Gasteiger partial charge in [-0.2, -0.15) is 0 Å². The molecule has 102 valence electrons. The molecule has 0 saturated carbocycles. The second-order valence-corrected chi connectivity index (χ2v) is 4.82. The summed E-state index contributed by atoms with van der Waals surface area (Å²) in [6.07, 6.45) is 6.44. The predicted molar refractivity (Wildman–Crippen MR) is 77.4 cm³/mol. The Balaban J connectivity index is 1.89. The molecule has 0 bridgehead atoms. The van der Waals surface area contributed by atoms with Crippen LogP contribution in [0.15, 0.2) is 41.2 Å². The van der Waals surface area contributed by atoms with Gasteiger partial charge in [0.1, 0.15) is 5.75 Å². The van der Waals surface area contributed by atoms with Crippen LogP contribution in [0.5, 0.6) is 5.75 Å². The van der Waals surface area contributed by atoms with Gasteiger partial charge in [0, 0.05) is 18.7 Å². The van der Waals surface area contributed by atoms with E-state index in [4.69, 9.17) is 9.15 Å². The molecule has 0 spiro atoms. The molecule has 3 nitrogen and oxygen atoms in total. The Labute approximate surface area is 118 Å². The van der Waals surface area contributed by atoms with Crippen LogP contribution in [0.25, 0.3) is 0 Å². The van der Waals surface area contributed by atoms with Gasteiger partial charge in [0.25, 0.3) is 0 Å². The lowest BCUT2D eigenvalue weighted by molar-refractivity contribution is 0.261. The number of aryl methyl sites for hydroxylation is 1. The molecule has 0 saturated heterocycles. The molecule has 0 unspecified atom stereocenters. The smallest absolute Gasteiger partial charge is 0.189 e. The second-order valence-electron chi connectivity index (χ2n) is 4.82. The van der Waals surface area contributed by atoms with Gasteiger partial charge in [-0.15, -0.1) is 0 Å². The molecule has 1 atom stereocenters. The molecule has 0 radical (unpaired) electrons. The molecule has 2 aromatic rings. The van der Waals surface area contributed by atoms with Crippen LogP contribution in [-0.4, -0.2) is 7.05 Å². The molecule has 1 aliphatic rings. The van der Waals surface area contributed by atoms with Crippen molar-refractivity contribution in [2.45, 2.75) is 25.4 Å². The minimum atomic E-state index is -0.312. The summed E-state index contributed by atoms with van der Waals surface area (Å²) >= 11 is 0. The lowest BCUT2D eigenvalue weighted by Crippen LogP contribution is -2.07. The van der Waals surface area contributed by atoms with Gasteiger partial charge in [0.15, 0.2) is 6.10 Å². The highest BCUT2D eigenvalue weighted by molar-refractivity contribution is 5.43. The fourth-order valence-electron chi connectivity index (χ4n) is 2.56. The Morgan fingerprint density at radius 2 is 2.25 bits per heavy atom. The molecule has 0 amide bonds. The molecule has 1 N–H and O–H groups in total. The first-order chi connectivity index (χ1) is 9.88. The molecule has 0 aliphatic heterocycles. The van der Waals surface area contributed by atoms with E-state index >= 15 is 0 Å². The standard InChI is InChI=1S/C17H17NO2/c1-18-10-8-16(14-9-11-19-12-14)20-17-7-3-5-13-4-2-6-15(13)17/h3,5,7,9,11-12,16,18H,2,4,6H2,1H3/t16-/m0/s1. The molecule has 1 aromatic heterocycles. The summed E-state index contributed by atoms with van der Waals surface area (Å²) < 4.78 is 11.3. The Morgan fingerprint density at radius 3 is 3.05 bits per heavy atom. The Hall–Kier alpha value is -2.34. The molecular formula is C17H17NO2. The van der Waals surface area contributed by atoms with Crippen molar-refractivity contribution < 1.29 is 9.15 Å². The number of fused-ring (bicyclic) bond motifs is 1. The number of benzene rings is 1. The van der Waals surface area contributed by atoms with Crippen LogP contribution in [0.1, 0.15) is 29.2 Å². The van der Waals surface area contributed by atoms with E-state index in [-0.39, 0.29) is 6.10 Å². The number of ether oxygens (including phenoxy) is 1. The van der Waals surface area contributed by atoms with Crippen molar-refractivity contribution in [1.82, 2.24) is 5.32 Å². The van der Waals surface area contributed by atoms with Crippen molar-refractivity contribution in [3.8, 4) is 17.7 Å². The minimum absolute atomic E-state index is 0.312. The van der Waals surface area contributed by atoms with Crippen LogP contribution in [-0.2, 0) is 12.8 Å². The van der Waals surface area contributed by atoms with Crippen LogP contribution in [0.4, 0.5) is 0 Å². The largest absolute Gasteiger partial charge is 0.472 e. The van der Waals surface area contributed by atoms with Crippen molar-refractivity contribution in [2.75, 3.05) is 7.05 Å². The van der Waals surface area contributed by atoms with E-state index in [0.29, 0.717) is 0 Å². The molecule has 3 rings (SSSR count). The number of furan rings is 1. The van der Waals surface area contributed by atoms with Crippen molar-refractivity contribution in [1.29, 1.82) is 0 Å². The van der Waals surface area contributed by atoms with Crippen molar-refractivity contribution in [2.24, 2.45) is 0 Å². The maximum Gasteiger partial charge on any atom is 0.189 e. The average molecular weight is 267 g/mol. The van der Waals surface area contributed by atoms with Gasteiger partial charge in [-0.25, -0.2) is 0 Å². The molecule has 20 heavy (non-hydrogen) atoms. The van der Waals surface area contributed by atoms with E-state index in [9.17, 15) is 0 Å². The van der Waals surface area contributed by atoms with Crippen LogP contribution < -0.4 is 10.1 Å². The maximum atomic E-state index is 6.13. The fourth-order valence-corrected chi connectivity index (χ4v) is 2.56. The highest BCUT2D eigenvalue weighted by atomic mass is 16.5. The first kappa shape index (κ1) is 12.7. The third-order valence-corrected chi connectivity index (χ3v) is 3.52. The summed E-state index contributed by atoms with van der Waals surface area (Å²) in [6, 6.07) is 11.0. The Morgan fingerprint density at radius 1 is 1.30 bits per heavy atom. The summed E-state index contributed by atoms with van der Waals surface area (Å²) in [7, 11) is 1.79. The van der Waals surface area contributed by atoms with Crippen molar-refractivity contribution >= 4 is 0 Å². The SMILES string of the molecule is CNC#C[C@H](Oc1cccc2c1CCC2)c1ccoc1. The lowest BCUT2D eigenvalue weighted by atomic mass is 10.1. The third kappa shape index (κ3) is 2.50. The van der Waals surface area contributed by atoms with E-state index in [1.165, 1.54) is 17.5 Å². The van der Waals surface area contributed by atoms with Gasteiger partial charge in [-0.3, -0.25) is 0 Å². The predicted octanol–water partition coefficient (Wildman–Crippen LogP) is 3.07.